The van der Waals surface area contributed by atoms with E-state index in [0.29, 0.717) is 0 Å². The fraction of sp³-hybridized carbons (Fsp3) is 0.0625. The van der Waals surface area contributed by atoms with Crippen LogP contribution in [0.2, 0.25) is 0 Å². The molecule has 0 aliphatic heterocycles. The van der Waals surface area contributed by atoms with Crippen LogP contribution in [0, 0.1) is 0 Å². The highest BCUT2D eigenvalue weighted by molar-refractivity contribution is 6.23. The van der Waals surface area contributed by atoms with Crippen LogP contribution in [-0.4, -0.2) is 24.5 Å². The third kappa shape index (κ3) is 1.23. The van der Waals surface area contributed by atoms with Crippen LogP contribution >= 0.6 is 0 Å². The third-order valence-corrected chi connectivity index (χ3v) is 4.18. The minimum absolute atomic E-state index is 0.862. The summed E-state index contributed by atoms with van der Waals surface area (Å²) >= 11 is 0. The Kier molecular flexibility index (Phi) is 1.84. The van der Waals surface area contributed by atoms with E-state index in [0.717, 1.165) is 43.9 Å². The van der Waals surface area contributed by atoms with Crippen molar-refractivity contribution in [3.63, 3.8) is 0 Å². The molecule has 0 saturated heterocycles. The molecule has 0 radical (unpaired) electrons. The maximum Gasteiger partial charge on any atom is 0.141 e. The van der Waals surface area contributed by atoms with Gasteiger partial charge in [0, 0.05) is 30.2 Å². The van der Waals surface area contributed by atoms with Gasteiger partial charge in [0.2, 0.25) is 0 Å². The van der Waals surface area contributed by atoms with Gasteiger partial charge in [0.25, 0.3) is 0 Å². The molecule has 0 spiro atoms. The first-order chi connectivity index (χ1) is 10.3. The van der Waals surface area contributed by atoms with Gasteiger partial charge in [-0.05, 0) is 24.3 Å². The molecule has 5 heteroatoms. The smallest absolute Gasteiger partial charge is 0.141 e. The quantitative estimate of drug-likeness (QED) is 0.471. The monoisotopic (exact) mass is 273 g/mol. The minimum Gasteiger partial charge on any atom is -0.342 e. The number of benzene rings is 1. The van der Waals surface area contributed by atoms with Crippen molar-refractivity contribution in [1.82, 2.24) is 24.5 Å². The highest BCUT2D eigenvalue weighted by Crippen LogP contribution is 2.34. The molecule has 0 aliphatic carbocycles. The normalized spacial score (nSPS) is 12.0. The fourth-order valence-corrected chi connectivity index (χ4v) is 3.20. The van der Waals surface area contributed by atoms with E-state index in [1.165, 1.54) is 0 Å². The molecule has 4 heterocycles. The van der Waals surface area contributed by atoms with Crippen molar-refractivity contribution >= 4 is 43.9 Å². The molecular formula is C16H11N5. The molecule has 100 valence electrons. The van der Waals surface area contributed by atoms with Crippen LogP contribution in [0.3, 0.4) is 0 Å². The zero-order valence-electron chi connectivity index (χ0n) is 11.3. The molecule has 0 amide bonds. The van der Waals surface area contributed by atoms with Crippen LogP contribution in [0.5, 0.6) is 0 Å². The Morgan fingerprint density at radius 1 is 1.05 bits per heavy atom. The van der Waals surface area contributed by atoms with Gasteiger partial charge in [-0.25, -0.2) is 9.97 Å². The number of nitrogens with one attached hydrogen (secondary N) is 1. The summed E-state index contributed by atoms with van der Waals surface area (Å²) in [6, 6.07) is 8.32. The number of rotatable bonds is 0. The molecule has 5 aromatic rings. The van der Waals surface area contributed by atoms with Crippen LogP contribution in [0.15, 0.2) is 43.0 Å². The first-order valence-electron chi connectivity index (χ1n) is 6.78. The summed E-state index contributed by atoms with van der Waals surface area (Å²) in [6.45, 7) is 0. The number of hydrogen-bond acceptors (Lipinski definition) is 3. The standard InChI is InChI=1S/C16H11N5/c1-21-11-5-4-9-10-7-17-8-19-16(10)20-14(9)13(11)15-12(21)3-2-6-18-15/h2-8H,1H3,(H,17,19,20). The molecular weight excluding hydrogens is 262 g/mol. The van der Waals surface area contributed by atoms with E-state index in [9.17, 15) is 0 Å². The molecule has 1 N–H and O–H groups in total. The number of aromatic amines is 1. The Morgan fingerprint density at radius 3 is 2.95 bits per heavy atom. The molecule has 0 atom stereocenters. The van der Waals surface area contributed by atoms with Crippen molar-refractivity contribution in [1.29, 1.82) is 0 Å². The Bertz CT molecular complexity index is 1150. The summed E-state index contributed by atoms with van der Waals surface area (Å²) in [5.41, 5.74) is 5.24. The van der Waals surface area contributed by atoms with Crippen LogP contribution in [0.4, 0.5) is 0 Å². The van der Waals surface area contributed by atoms with E-state index < -0.39 is 0 Å². The third-order valence-electron chi connectivity index (χ3n) is 4.18. The van der Waals surface area contributed by atoms with Crippen molar-refractivity contribution in [2.24, 2.45) is 7.05 Å². The average molecular weight is 273 g/mol. The molecule has 0 unspecified atom stereocenters. The molecule has 5 rings (SSSR count). The van der Waals surface area contributed by atoms with E-state index >= 15 is 0 Å². The highest BCUT2D eigenvalue weighted by atomic mass is 15.0. The number of nitrogens with zero attached hydrogens (tertiary/aromatic N) is 4. The largest absolute Gasteiger partial charge is 0.342 e. The zero-order chi connectivity index (χ0) is 14.0. The molecule has 0 aliphatic rings. The predicted octanol–water partition coefficient (Wildman–Crippen LogP) is 3.15. The topological polar surface area (TPSA) is 59.4 Å². The number of fused-ring (bicyclic) bond motifs is 7. The van der Waals surface area contributed by atoms with Gasteiger partial charge < -0.3 is 9.55 Å². The minimum atomic E-state index is 0.862. The lowest BCUT2D eigenvalue weighted by Crippen LogP contribution is -1.85. The van der Waals surface area contributed by atoms with Gasteiger partial charge in [-0.3, -0.25) is 4.98 Å². The molecule has 0 saturated carbocycles. The molecule has 4 aromatic heterocycles. The molecule has 21 heavy (non-hydrogen) atoms. The molecule has 5 nitrogen and oxygen atoms in total. The van der Waals surface area contributed by atoms with Gasteiger partial charge >= 0.3 is 0 Å². The van der Waals surface area contributed by atoms with Crippen LogP contribution in [0.1, 0.15) is 0 Å². The molecule has 0 bridgehead atoms. The van der Waals surface area contributed by atoms with Gasteiger partial charge in [0.05, 0.1) is 27.5 Å². The van der Waals surface area contributed by atoms with Gasteiger partial charge in [0.15, 0.2) is 0 Å². The average Bonchev–Trinajstić information content (AvgIpc) is 3.04. The second-order valence-electron chi connectivity index (χ2n) is 5.22. The Balaban J connectivity index is 2.16. The highest BCUT2D eigenvalue weighted by Gasteiger charge is 2.15. The number of aromatic nitrogens is 5. The molecule has 1 aromatic carbocycles. The van der Waals surface area contributed by atoms with Crippen molar-refractivity contribution in [2.75, 3.05) is 0 Å². The summed E-state index contributed by atoms with van der Waals surface area (Å²) in [7, 11) is 2.07. The summed E-state index contributed by atoms with van der Waals surface area (Å²) in [6.07, 6.45) is 5.25. The van der Waals surface area contributed by atoms with Gasteiger partial charge in [-0.15, -0.1) is 0 Å². The molecule has 0 fully saturated rings. The second-order valence-corrected chi connectivity index (χ2v) is 5.22. The van der Waals surface area contributed by atoms with Crippen molar-refractivity contribution in [3.05, 3.63) is 43.0 Å². The van der Waals surface area contributed by atoms with Crippen LogP contribution in [0.25, 0.3) is 43.9 Å². The van der Waals surface area contributed by atoms with Crippen molar-refractivity contribution in [3.8, 4) is 0 Å². The maximum absolute atomic E-state index is 4.57. The van der Waals surface area contributed by atoms with Crippen molar-refractivity contribution < 1.29 is 0 Å². The first kappa shape index (κ1) is 10.8. The lowest BCUT2D eigenvalue weighted by molar-refractivity contribution is 1.01. The Labute approximate surface area is 119 Å². The first-order valence-corrected chi connectivity index (χ1v) is 6.78. The van der Waals surface area contributed by atoms with Crippen LogP contribution < -0.4 is 0 Å². The van der Waals surface area contributed by atoms with E-state index in [-0.39, 0.29) is 0 Å². The van der Waals surface area contributed by atoms with E-state index in [2.05, 4.69) is 49.7 Å². The lowest BCUT2D eigenvalue weighted by atomic mass is 10.1. The summed E-state index contributed by atoms with van der Waals surface area (Å²) in [5, 5.41) is 3.32. The van der Waals surface area contributed by atoms with Gasteiger partial charge in [-0.1, -0.05) is 0 Å². The Morgan fingerprint density at radius 2 is 2.00 bits per heavy atom. The van der Waals surface area contributed by atoms with Gasteiger partial charge in [0.1, 0.15) is 12.0 Å². The van der Waals surface area contributed by atoms with E-state index in [1.54, 1.807) is 6.33 Å². The Hall–Kier alpha value is -2.95. The SMILES string of the molecule is Cn1c2cccnc2c2c3[nH]c4ncncc4c3ccc21. The summed E-state index contributed by atoms with van der Waals surface area (Å²) in [5.74, 6) is 0. The van der Waals surface area contributed by atoms with E-state index in [1.807, 2.05) is 18.5 Å². The van der Waals surface area contributed by atoms with Crippen molar-refractivity contribution in [2.45, 2.75) is 0 Å². The summed E-state index contributed by atoms with van der Waals surface area (Å²) < 4.78 is 2.17. The number of H-pyrrole nitrogens is 1. The van der Waals surface area contributed by atoms with Gasteiger partial charge in [-0.2, -0.15) is 0 Å². The lowest BCUT2D eigenvalue weighted by Gasteiger charge is -1.97. The number of aryl methyl sites for hydroxylation is 1. The second kappa shape index (κ2) is 3.58. The maximum atomic E-state index is 4.57. The number of hydrogen-bond donors (Lipinski definition) is 1. The zero-order valence-corrected chi connectivity index (χ0v) is 11.3. The predicted molar refractivity (Wildman–Crippen MR) is 83.2 cm³/mol. The fourth-order valence-electron chi connectivity index (χ4n) is 3.20. The van der Waals surface area contributed by atoms with Crippen LogP contribution in [-0.2, 0) is 7.05 Å². The van der Waals surface area contributed by atoms with E-state index in [4.69, 9.17) is 0 Å². The summed E-state index contributed by atoms with van der Waals surface area (Å²) in [4.78, 5) is 16.4. The number of pyridine rings is 1.